The molecule has 5 nitrogen and oxygen atoms in total. The standard InChI is InChI=1S/C14H22N2O3/c1-14(12(17)18)6-2-3-11(14)15-13(19)16-8-9-4-5-10(16)7-9/h9-11H,2-8H2,1H3,(H,15,19)(H,17,18). The topological polar surface area (TPSA) is 69.6 Å². The van der Waals surface area contributed by atoms with Gasteiger partial charge in [0.1, 0.15) is 0 Å². The Hall–Kier alpha value is -1.26. The first kappa shape index (κ1) is 12.8. The van der Waals surface area contributed by atoms with Crippen LogP contribution in [0.1, 0.15) is 45.4 Å². The fourth-order valence-corrected chi connectivity index (χ4v) is 4.06. The van der Waals surface area contributed by atoms with Crippen molar-refractivity contribution >= 4 is 12.0 Å². The molecule has 0 aromatic carbocycles. The largest absolute Gasteiger partial charge is 0.481 e. The predicted octanol–water partition coefficient (Wildman–Crippen LogP) is 1.82. The van der Waals surface area contributed by atoms with E-state index in [1.54, 1.807) is 6.92 Å². The molecule has 19 heavy (non-hydrogen) atoms. The van der Waals surface area contributed by atoms with Crippen LogP contribution in [0.25, 0.3) is 0 Å². The Morgan fingerprint density at radius 2 is 2.11 bits per heavy atom. The number of urea groups is 1. The highest BCUT2D eigenvalue weighted by Gasteiger charge is 2.47. The summed E-state index contributed by atoms with van der Waals surface area (Å²) in [6.45, 7) is 2.61. The van der Waals surface area contributed by atoms with Gasteiger partial charge in [-0.25, -0.2) is 4.79 Å². The van der Waals surface area contributed by atoms with Gasteiger partial charge in [-0.3, -0.25) is 4.79 Å². The van der Waals surface area contributed by atoms with Crippen LogP contribution in [0.4, 0.5) is 4.79 Å². The molecule has 5 heteroatoms. The van der Waals surface area contributed by atoms with Gasteiger partial charge < -0.3 is 15.3 Å². The lowest BCUT2D eigenvalue weighted by atomic mass is 9.85. The Morgan fingerprint density at radius 1 is 1.32 bits per heavy atom. The number of carboxylic acids is 1. The van der Waals surface area contributed by atoms with Crippen LogP contribution >= 0.6 is 0 Å². The maximum atomic E-state index is 12.3. The van der Waals surface area contributed by atoms with Gasteiger partial charge in [0.2, 0.25) is 0 Å². The summed E-state index contributed by atoms with van der Waals surface area (Å²) in [5.74, 6) is -0.122. The number of piperidine rings is 1. The molecule has 0 aromatic rings. The molecular weight excluding hydrogens is 244 g/mol. The first-order chi connectivity index (χ1) is 9.00. The van der Waals surface area contributed by atoms with E-state index in [9.17, 15) is 14.7 Å². The molecule has 106 valence electrons. The summed E-state index contributed by atoms with van der Waals surface area (Å²) >= 11 is 0. The number of carboxylic acid groups (broad SMARTS) is 1. The summed E-state index contributed by atoms with van der Waals surface area (Å²) in [5.41, 5.74) is -0.797. The van der Waals surface area contributed by atoms with Crippen LogP contribution in [0.3, 0.4) is 0 Å². The Kier molecular flexibility index (Phi) is 2.95. The van der Waals surface area contributed by atoms with E-state index in [0.29, 0.717) is 18.4 Å². The summed E-state index contributed by atoms with van der Waals surface area (Å²) in [4.78, 5) is 25.6. The average Bonchev–Trinajstić information content (AvgIpc) is 3.05. The summed E-state index contributed by atoms with van der Waals surface area (Å²) in [5, 5.41) is 12.3. The molecule has 0 spiro atoms. The molecule has 4 atom stereocenters. The minimum absolute atomic E-state index is 0.0495. The fourth-order valence-electron chi connectivity index (χ4n) is 4.06. The number of hydrogen-bond donors (Lipinski definition) is 2. The molecule has 2 N–H and O–H groups in total. The number of fused-ring (bicyclic) bond motifs is 2. The molecular formula is C14H22N2O3. The van der Waals surface area contributed by atoms with E-state index < -0.39 is 11.4 Å². The quantitative estimate of drug-likeness (QED) is 0.801. The Bertz CT molecular complexity index is 411. The van der Waals surface area contributed by atoms with Gasteiger partial charge in [-0.1, -0.05) is 6.42 Å². The molecule has 4 unspecified atom stereocenters. The SMILES string of the molecule is CC1(C(=O)O)CCCC1NC(=O)N1CC2CCC1C2. The van der Waals surface area contributed by atoms with Crippen molar-refractivity contribution < 1.29 is 14.7 Å². The molecule has 2 bridgehead atoms. The second kappa shape index (κ2) is 4.39. The van der Waals surface area contributed by atoms with Gasteiger partial charge in [0.15, 0.2) is 0 Å². The number of likely N-dealkylation sites (tertiary alicyclic amines) is 1. The molecule has 3 fully saturated rings. The van der Waals surface area contributed by atoms with Crippen molar-refractivity contribution in [1.82, 2.24) is 10.2 Å². The average molecular weight is 266 g/mol. The zero-order valence-corrected chi connectivity index (χ0v) is 11.4. The number of nitrogens with one attached hydrogen (secondary N) is 1. The van der Waals surface area contributed by atoms with E-state index in [0.717, 1.165) is 32.2 Å². The van der Waals surface area contributed by atoms with Crippen LogP contribution in [0.15, 0.2) is 0 Å². The van der Waals surface area contributed by atoms with Crippen LogP contribution in [-0.4, -0.2) is 40.6 Å². The third-order valence-electron chi connectivity index (χ3n) is 5.41. The third kappa shape index (κ3) is 1.99. The lowest BCUT2D eigenvalue weighted by Gasteiger charge is -2.32. The van der Waals surface area contributed by atoms with E-state index in [2.05, 4.69) is 5.32 Å². The molecule has 1 saturated heterocycles. The van der Waals surface area contributed by atoms with Gasteiger partial charge in [0.25, 0.3) is 0 Å². The number of rotatable bonds is 2. The van der Waals surface area contributed by atoms with E-state index in [1.807, 2.05) is 4.90 Å². The first-order valence-electron chi connectivity index (χ1n) is 7.31. The maximum Gasteiger partial charge on any atom is 0.317 e. The number of aliphatic carboxylic acids is 1. The van der Waals surface area contributed by atoms with Crippen LogP contribution in [0.2, 0.25) is 0 Å². The van der Waals surface area contributed by atoms with Crippen LogP contribution in [0, 0.1) is 11.3 Å². The number of carbonyl (C=O) groups excluding carboxylic acids is 1. The van der Waals surface area contributed by atoms with Crippen molar-refractivity contribution in [1.29, 1.82) is 0 Å². The molecule has 1 heterocycles. The van der Waals surface area contributed by atoms with Gasteiger partial charge in [-0.15, -0.1) is 0 Å². The van der Waals surface area contributed by atoms with Crippen molar-refractivity contribution in [3.05, 3.63) is 0 Å². The molecule has 1 aliphatic heterocycles. The lowest BCUT2D eigenvalue weighted by molar-refractivity contribution is -0.148. The number of hydrogen-bond acceptors (Lipinski definition) is 2. The van der Waals surface area contributed by atoms with Crippen molar-refractivity contribution in [3.8, 4) is 0 Å². The van der Waals surface area contributed by atoms with Gasteiger partial charge >= 0.3 is 12.0 Å². The summed E-state index contributed by atoms with van der Waals surface area (Å²) < 4.78 is 0. The second-order valence-corrected chi connectivity index (χ2v) is 6.60. The first-order valence-corrected chi connectivity index (χ1v) is 7.31. The van der Waals surface area contributed by atoms with Crippen LogP contribution in [-0.2, 0) is 4.79 Å². The maximum absolute atomic E-state index is 12.3. The molecule has 2 amide bonds. The van der Waals surface area contributed by atoms with Crippen LogP contribution < -0.4 is 5.32 Å². The lowest BCUT2D eigenvalue weighted by Crippen LogP contribution is -2.53. The predicted molar refractivity (Wildman–Crippen MR) is 69.7 cm³/mol. The smallest absolute Gasteiger partial charge is 0.317 e. The minimum Gasteiger partial charge on any atom is -0.481 e. The molecule has 0 aromatic heterocycles. The molecule has 2 aliphatic carbocycles. The van der Waals surface area contributed by atoms with E-state index >= 15 is 0 Å². The molecule has 0 radical (unpaired) electrons. The highest BCUT2D eigenvalue weighted by Crippen LogP contribution is 2.40. The van der Waals surface area contributed by atoms with E-state index in [4.69, 9.17) is 0 Å². The normalized spacial score (nSPS) is 40.7. The zero-order valence-electron chi connectivity index (χ0n) is 11.4. The molecule has 2 saturated carbocycles. The highest BCUT2D eigenvalue weighted by atomic mass is 16.4. The van der Waals surface area contributed by atoms with Crippen molar-refractivity contribution in [3.63, 3.8) is 0 Å². The Labute approximate surface area is 113 Å². The Balaban J connectivity index is 1.65. The van der Waals surface area contributed by atoms with Gasteiger partial charge in [-0.05, 0) is 44.9 Å². The zero-order chi connectivity index (χ0) is 13.6. The second-order valence-electron chi connectivity index (χ2n) is 6.60. The fraction of sp³-hybridized carbons (Fsp3) is 0.857. The van der Waals surface area contributed by atoms with Crippen LogP contribution in [0.5, 0.6) is 0 Å². The third-order valence-corrected chi connectivity index (χ3v) is 5.41. The van der Waals surface area contributed by atoms with E-state index in [-0.39, 0.29) is 12.1 Å². The van der Waals surface area contributed by atoms with Gasteiger partial charge in [0, 0.05) is 18.6 Å². The number of nitrogens with zero attached hydrogens (tertiary/aromatic N) is 1. The highest BCUT2D eigenvalue weighted by molar-refractivity contribution is 5.79. The summed E-state index contributed by atoms with van der Waals surface area (Å²) in [6, 6.07) is 0.116. The monoisotopic (exact) mass is 266 g/mol. The van der Waals surface area contributed by atoms with Crippen molar-refractivity contribution in [2.45, 2.75) is 57.5 Å². The van der Waals surface area contributed by atoms with Gasteiger partial charge in [-0.2, -0.15) is 0 Å². The number of amides is 2. The summed E-state index contributed by atoms with van der Waals surface area (Å²) in [7, 11) is 0. The van der Waals surface area contributed by atoms with Crippen molar-refractivity contribution in [2.24, 2.45) is 11.3 Å². The summed E-state index contributed by atoms with van der Waals surface area (Å²) in [6.07, 6.45) is 5.79. The van der Waals surface area contributed by atoms with Gasteiger partial charge in [0.05, 0.1) is 5.41 Å². The Morgan fingerprint density at radius 3 is 2.68 bits per heavy atom. The van der Waals surface area contributed by atoms with E-state index in [1.165, 1.54) is 6.42 Å². The molecule has 3 aliphatic rings. The minimum atomic E-state index is -0.797. The number of carbonyl (C=O) groups is 2. The molecule has 3 rings (SSSR count). The van der Waals surface area contributed by atoms with Crippen molar-refractivity contribution in [2.75, 3.05) is 6.54 Å².